The lowest BCUT2D eigenvalue weighted by atomic mass is 9.88. The molecule has 1 rings (SSSR count). The number of rotatable bonds is 8. The molecule has 3 heteroatoms. The smallest absolute Gasteiger partial charge is 0.220 e. The Labute approximate surface area is 125 Å². The number of carbonyl (C=O) groups excluding carboxylic acids is 1. The first-order valence-corrected chi connectivity index (χ1v) is 8.02. The predicted octanol–water partition coefficient (Wildman–Crippen LogP) is 3.94. The molecule has 1 aromatic carbocycles. The number of alkyl halides is 1. The summed E-state index contributed by atoms with van der Waals surface area (Å²) in [5.74, 6) is 0.149. The molecule has 0 aliphatic carbocycles. The highest BCUT2D eigenvalue weighted by Crippen LogP contribution is 2.21. The largest absolute Gasteiger partial charge is 0.356 e. The average molecular weight is 326 g/mol. The van der Waals surface area contributed by atoms with Crippen molar-refractivity contribution in [2.45, 2.75) is 39.5 Å². The quantitative estimate of drug-likeness (QED) is 0.721. The van der Waals surface area contributed by atoms with Crippen LogP contribution < -0.4 is 5.32 Å². The van der Waals surface area contributed by atoms with E-state index in [0.717, 1.165) is 31.1 Å². The van der Waals surface area contributed by atoms with E-state index in [1.807, 2.05) is 18.2 Å². The van der Waals surface area contributed by atoms with Crippen molar-refractivity contribution in [1.82, 2.24) is 5.32 Å². The summed E-state index contributed by atoms with van der Waals surface area (Å²) in [5, 5.41) is 4.07. The fraction of sp³-hybridized carbons (Fsp3) is 0.562. The second-order valence-corrected chi connectivity index (χ2v) is 6.51. The molecule has 0 spiro atoms. The van der Waals surface area contributed by atoms with Crippen LogP contribution in [0.15, 0.2) is 30.3 Å². The van der Waals surface area contributed by atoms with Gasteiger partial charge in [-0.05, 0) is 30.2 Å². The van der Waals surface area contributed by atoms with E-state index in [4.69, 9.17) is 0 Å². The van der Waals surface area contributed by atoms with Crippen molar-refractivity contribution < 1.29 is 4.79 Å². The molecule has 0 atom stereocenters. The standard InChI is InChI=1S/C16H24BrNO/c1-16(2,11-6-12-17)13-18-15(19)10-9-14-7-4-3-5-8-14/h3-5,7-8H,6,9-13H2,1-2H3,(H,18,19). The van der Waals surface area contributed by atoms with E-state index >= 15 is 0 Å². The molecule has 0 saturated heterocycles. The molecule has 0 heterocycles. The number of hydrogen-bond donors (Lipinski definition) is 1. The normalized spacial score (nSPS) is 11.3. The van der Waals surface area contributed by atoms with Crippen LogP contribution >= 0.6 is 15.9 Å². The zero-order chi connectivity index (χ0) is 14.1. The summed E-state index contributed by atoms with van der Waals surface area (Å²) >= 11 is 3.45. The summed E-state index contributed by atoms with van der Waals surface area (Å²) in [5.41, 5.74) is 1.40. The Bertz CT molecular complexity index is 376. The van der Waals surface area contributed by atoms with Gasteiger partial charge in [-0.25, -0.2) is 0 Å². The molecule has 106 valence electrons. The fourth-order valence-electron chi connectivity index (χ4n) is 1.96. The van der Waals surface area contributed by atoms with Gasteiger partial charge in [0.25, 0.3) is 0 Å². The van der Waals surface area contributed by atoms with Crippen LogP contribution in [0, 0.1) is 5.41 Å². The molecule has 0 aromatic heterocycles. The van der Waals surface area contributed by atoms with Gasteiger partial charge < -0.3 is 5.32 Å². The van der Waals surface area contributed by atoms with Crippen molar-refractivity contribution in [3.05, 3.63) is 35.9 Å². The first-order chi connectivity index (χ1) is 9.03. The van der Waals surface area contributed by atoms with Crippen LogP contribution in [0.4, 0.5) is 0 Å². The van der Waals surface area contributed by atoms with Gasteiger partial charge in [0, 0.05) is 18.3 Å². The lowest BCUT2D eigenvalue weighted by Gasteiger charge is -2.24. The zero-order valence-corrected chi connectivity index (χ0v) is 13.5. The topological polar surface area (TPSA) is 29.1 Å². The second-order valence-electron chi connectivity index (χ2n) is 5.72. The number of aryl methyl sites for hydroxylation is 1. The summed E-state index contributed by atoms with van der Waals surface area (Å²) in [4.78, 5) is 11.8. The first-order valence-electron chi connectivity index (χ1n) is 6.90. The van der Waals surface area contributed by atoms with E-state index in [-0.39, 0.29) is 11.3 Å². The van der Waals surface area contributed by atoms with Crippen LogP contribution in [-0.4, -0.2) is 17.8 Å². The lowest BCUT2D eigenvalue weighted by molar-refractivity contribution is -0.121. The number of benzene rings is 1. The molecule has 0 fully saturated rings. The van der Waals surface area contributed by atoms with Crippen LogP contribution in [0.5, 0.6) is 0 Å². The molecule has 1 amide bonds. The molecule has 1 N–H and O–H groups in total. The minimum atomic E-state index is 0.149. The third-order valence-electron chi connectivity index (χ3n) is 3.23. The minimum absolute atomic E-state index is 0.149. The highest BCUT2D eigenvalue weighted by Gasteiger charge is 2.17. The van der Waals surface area contributed by atoms with E-state index in [1.54, 1.807) is 0 Å². The molecule has 0 radical (unpaired) electrons. The van der Waals surface area contributed by atoms with Crippen molar-refractivity contribution in [2.75, 3.05) is 11.9 Å². The van der Waals surface area contributed by atoms with Gasteiger partial charge in [0.2, 0.25) is 5.91 Å². The molecular formula is C16H24BrNO. The third kappa shape index (κ3) is 7.36. The van der Waals surface area contributed by atoms with Crippen LogP contribution in [0.25, 0.3) is 0 Å². The third-order valence-corrected chi connectivity index (χ3v) is 3.80. The Morgan fingerprint density at radius 3 is 2.58 bits per heavy atom. The molecule has 0 bridgehead atoms. The molecule has 19 heavy (non-hydrogen) atoms. The molecule has 0 aliphatic rings. The van der Waals surface area contributed by atoms with Gasteiger partial charge in [-0.2, -0.15) is 0 Å². The SMILES string of the molecule is CC(C)(CCCBr)CNC(=O)CCc1ccccc1. The summed E-state index contributed by atoms with van der Waals surface area (Å²) < 4.78 is 0. The Hall–Kier alpha value is -0.830. The monoisotopic (exact) mass is 325 g/mol. The van der Waals surface area contributed by atoms with Crippen molar-refractivity contribution in [2.24, 2.45) is 5.41 Å². The molecule has 0 saturated carbocycles. The van der Waals surface area contributed by atoms with Gasteiger partial charge in [-0.1, -0.05) is 60.1 Å². The average Bonchev–Trinajstić information content (AvgIpc) is 2.42. The summed E-state index contributed by atoms with van der Waals surface area (Å²) in [6.07, 6.45) is 3.65. The lowest BCUT2D eigenvalue weighted by Crippen LogP contribution is -2.34. The van der Waals surface area contributed by atoms with Crippen molar-refractivity contribution in [3.63, 3.8) is 0 Å². The van der Waals surface area contributed by atoms with Gasteiger partial charge in [-0.3, -0.25) is 4.79 Å². The number of nitrogens with one attached hydrogen (secondary N) is 1. The number of halogens is 1. The van der Waals surface area contributed by atoms with Gasteiger partial charge >= 0.3 is 0 Å². The maximum absolute atomic E-state index is 11.8. The van der Waals surface area contributed by atoms with E-state index in [2.05, 4.69) is 47.2 Å². The van der Waals surface area contributed by atoms with Gasteiger partial charge in [0.1, 0.15) is 0 Å². The molecular weight excluding hydrogens is 302 g/mol. The Kier molecular flexibility index (Phi) is 7.14. The highest BCUT2D eigenvalue weighted by molar-refractivity contribution is 9.09. The second kappa shape index (κ2) is 8.36. The predicted molar refractivity (Wildman–Crippen MR) is 84.6 cm³/mol. The van der Waals surface area contributed by atoms with Crippen LogP contribution in [0.3, 0.4) is 0 Å². The summed E-state index contributed by atoms with van der Waals surface area (Å²) in [6, 6.07) is 10.1. The molecule has 0 aliphatic heterocycles. The number of hydrogen-bond acceptors (Lipinski definition) is 1. The first kappa shape index (κ1) is 16.2. The fourth-order valence-corrected chi connectivity index (χ4v) is 2.24. The van der Waals surface area contributed by atoms with Crippen LogP contribution in [0.1, 0.15) is 38.7 Å². The molecule has 2 nitrogen and oxygen atoms in total. The Balaban J connectivity index is 2.24. The van der Waals surface area contributed by atoms with Gasteiger partial charge in [-0.15, -0.1) is 0 Å². The van der Waals surface area contributed by atoms with Crippen LogP contribution in [-0.2, 0) is 11.2 Å². The highest BCUT2D eigenvalue weighted by atomic mass is 79.9. The molecule has 0 unspecified atom stereocenters. The van der Waals surface area contributed by atoms with Crippen molar-refractivity contribution in [3.8, 4) is 0 Å². The number of amides is 1. The van der Waals surface area contributed by atoms with Gasteiger partial charge in [0.15, 0.2) is 0 Å². The van der Waals surface area contributed by atoms with Crippen molar-refractivity contribution >= 4 is 21.8 Å². The maximum Gasteiger partial charge on any atom is 0.220 e. The van der Waals surface area contributed by atoms with E-state index in [9.17, 15) is 4.79 Å². The van der Waals surface area contributed by atoms with E-state index in [0.29, 0.717) is 6.42 Å². The maximum atomic E-state index is 11.8. The van der Waals surface area contributed by atoms with Crippen molar-refractivity contribution in [1.29, 1.82) is 0 Å². The molecule has 1 aromatic rings. The van der Waals surface area contributed by atoms with Gasteiger partial charge in [0.05, 0.1) is 0 Å². The Morgan fingerprint density at radius 1 is 1.26 bits per heavy atom. The summed E-state index contributed by atoms with van der Waals surface area (Å²) in [7, 11) is 0. The Morgan fingerprint density at radius 2 is 1.95 bits per heavy atom. The number of carbonyl (C=O) groups is 1. The minimum Gasteiger partial charge on any atom is -0.356 e. The van der Waals surface area contributed by atoms with E-state index < -0.39 is 0 Å². The van der Waals surface area contributed by atoms with Crippen LogP contribution in [0.2, 0.25) is 0 Å². The zero-order valence-electron chi connectivity index (χ0n) is 11.9. The van der Waals surface area contributed by atoms with E-state index in [1.165, 1.54) is 5.56 Å². The summed E-state index contributed by atoms with van der Waals surface area (Å²) in [6.45, 7) is 5.16.